The molecule has 5 nitrogen and oxygen atoms in total. The topological polar surface area (TPSA) is 59.2 Å². The van der Waals surface area contributed by atoms with Crippen molar-refractivity contribution < 1.29 is 9.21 Å². The van der Waals surface area contributed by atoms with E-state index in [2.05, 4.69) is 31.0 Å². The number of hydrogen-bond acceptors (Lipinski definition) is 6. The Labute approximate surface area is 175 Å². The molecular formula is C22H17N3O2S2. The van der Waals surface area contributed by atoms with Gasteiger partial charge in [0, 0.05) is 0 Å². The van der Waals surface area contributed by atoms with Crippen molar-refractivity contribution in [3.63, 3.8) is 0 Å². The van der Waals surface area contributed by atoms with Gasteiger partial charge in [0.05, 0.1) is 33.2 Å². The molecule has 1 amide bonds. The summed E-state index contributed by atoms with van der Waals surface area (Å²) in [5.41, 5.74) is 4.08. The van der Waals surface area contributed by atoms with Crippen LogP contribution in [0.25, 0.3) is 20.4 Å². The molecule has 2 aromatic carbocycles. The molecule has 0 spiro atoms. The van der Waals surface area contributed by atoms with Crippen molar-refractivity contribution in [3.05, 3.63) is 76.7 Å². The van der Waals surface area contributed by atoms with Crippen molar-refractivity contribution in [1.29, 1.82) is 0 Å². The fourth-order valence-electron chi connectivity index (χ4n) is 3.19. The molecule has 0 N–H and O–H groups in total. The van der Waals surface area contributed by atoms with Crippen molar-refractivity contribution in [2.45, 2.75) is 20.4 Å². The number of anilines is 1. The molecule has 5 aromatic rings. The molecule has 7 heteroatoms. The number of benzene rings is 2. The number of thiazole rings is 2. The Morgan fingerprint density at radius 1 is 1.00 bits per heavy atom. The highest BCUT2D eigenvalue weighted by atomic mass is 32.1. The average Bonchev–Trinajstić information content (AvgIpc) is 3.47. The number of furan rings is 1. The number of aryl methyl sites for hydroxylation is 2. The van der Waals surface area contributed by atoms with Gasteiger partial charge >= 0.3 is 0 Å². The number of rotatable bonds is 4. The fraction of sp³-hybridized carbons (Fsp3) is 0.136. The molecule has 29 heavy (non-hydrogen) atoms. The average molecular weight is 420 g/mol. The maximum absolute atomic E-state index is 13.5. The van der Waals surface area contributed by atoms with E-state index >= 15 is 0 Å². The van der Waals surface area contributed by atoms with Crippen molar-refractivity contribution in [3.8, 4) is 0 Å². The van der Waals surface area contributed by atoms with E-state index in [-0.39, 0.29) is 5.91 Å². The van der Waals surface area contributed by atoms with Gasteiger partial charge in [-0.15, -0.1) is 11.3 Å². The normalized spacial score (nSPS) is 11.4. The van der Waals surface area contributed by atoms with Gasteiger partial charge in [0.1, 0.15) is 5.76 Å². The lowest BCUT2D eigenvalue weighted by Crippen LogP contribution is -2.30. The van der Waals surface area contributed by atoms with Crippen LogP contribution in [-0.4, -0.2) is 15.9 Å². The molecule has 0 radical (unpaired) electrons. The van der Waals surface area contributed by atoms with Gasteiger partial charge in [-0.05, 0) is 55.3 Å². The van der Waals surface area contributed by atoms with Gasteiger partial charge in [-0.3, -0.25) is 9.69 Å². The van der Waals surface area contributed by atoms with Gasteiger partial charge in [-0.2, -0.15) is 0 Å². The van der Waals surface area contributed by atoms with E-state index in [1.807, 2.05) is 36.4 Å². The molecule has 0 aliphatic carbocycles. The van der Waals surface area contributed by atoms with Crippen molar-refractivity contribution >= 4 is 54.1 Å². The van der Waals surface area contributed by atoms with Crippen molar-refractivity contribution in [2.24, 2.45) is 0 Å². The number of aromatic nitrogens is 2. The highest BCUT2D eigenvalue weighted by molar-refractivity contribution is 7.23. The first-order valence-corrected chi connectivity index (χ1v) is 10.8. The number of para-hydroxylation sites is 1. The largest absolute Gasteiger partial charge is 0.467 e. The highest BCUT2D eigenvalue weighted by Gasteiger charge is 2.26. The maximum atomic E-state index is 13.5. The molecule has 0 aliphatic heterocycles. The third-order valence-corrected chi connectivity index (χ3v) is 6.99. The van der Waals surface area contributed by atoms with Gasteiger partial charge in [-0.1, -0.05) is 29.5 Å². The molecule has 0 atom stereocenters. The summed E-state index contributed by atoms with van der Waals surface area (Å²) < 4.78 is 7.56. The molecule has 0 fully saturated rings. The Morgan fingerprint density at radius 3 is 2.66 bits per heavy atom. The second-order valence-electron chi connectivity index (χ2n) is 6.81. The van der Waals surface area contributed by atoms with Crippen LogP contribution >= 0.6 is 22.7 Å². The van der Waals surface area contributed by atoms with E-state index < -0.39 is 0 Å². The summed E-state index contributed by atoms with van der Waals surface area (Å²) in [6, 6.07) is 15.6. The SMILES string of the molecule is Cc1ccc2sc(N(Cc3ccco3)C(=O)c3nc4ccccc4s3)nc2c1C. The van der Waals surface area contributed by atoms with E-state index in [1.165, 1.54) is 28.2 Å². The van der Waals surface area contributed by atoms with Gasteiger partial charge in [0.15, 0.2) is 10.1 Å². The van der Waals surface area contributed by atoms with Crippen molar-refractivity contribution in [1.82, 2.24) is 9.97 Å². The fourth-order valence-corrected chi connectivity index (χ4v) is 5.13. The Balaban J connectivity index is 1.61. The number of fused-ring (bicyclic) bond motifs is 2. The first kappa shape index (κ1) is 18.0. The molecule has 5 rings (SSSR count). The predicted octanol–water partition coefficient (Wildman–Crippen LogP) is 5.96. The number of amides is 1. The van der Waals surface area contributed by atoms with Crippen LogP contribution < -0.4 is 4.90 Å². The van der Waals surface area contributed by atoms with Crippen LogP contribution in [0.2, 0.25) is 0 Å². The number of carbonyl (C=O) groups is 1. The van der Waals surface area contributed by atoms with Crippen LogP contribution in [0.4, 0.5) is 5.13 Å². The van der Waals surface area contributed by atoms with E-state index in [1.54, 1.807) is 11.2 Å². The van der Waals surface area contributed by atoms with Gasteiger partial charge < -0.3 is 4.42 Å². The lowest BCUT2D eigenvalue weighted by molar-refractivity contribution is 0.0983. The minimum absolute atomic E-state index is 0.170. The third kappa shape index (κ3) is 3.22. The minimum Gasteiger partial charge on any atom is -0.467 e. The molecule has 0 unspecified atom stereocenters. The van der Waals surface area contributed by atoms with E-state index in [0.717, 1.165) is 26.0 Å². The number of carbonyl (C=O) groups excluding carboxylic acids is 1. The zero-order valence-electron chi connectivity index (χ0n) is 15.9. The Kier molecular flexibility index (Phi) is 4.41. The van der Waals surface area contributed by atoms with E-state index in [9.17, 15) is 4.79 Å². The van der Waals surface area contributed by atoms with Gasteiger partial charge in [0.25, 0.3) is 5.91 Å². The summed E-state index contributed by atoms with van der Waals surface area (Å²) in [6.45, 7) is 4.44. The Hall–Kier alpha value is -3.03. The summed E-state index contributed by atoms with van der Waals surface area (Å²) in [7, 11) is 0. The zero-order chi connectivity index (χ0) is 20.0. The summed E-state index contributed by atoms with van der Waals surface area (Å²) in [6.07, 6.45) is 1.61. The lowest BCUT2D eigenvalue weighted by atomic mass is 10.1. The Morgan fingerprint density at radius 2 is 1.86 bits per heavy atom. The number of hydrogen-bond donors (Lipinski definition) is 0. The van der Waals surface area contributed by atoms with Crippen LogP contribution in [0.5, 0.6) is 0 Å². The molecular weight excluding hydrogens is 402 g/mol. The molecule has 0 saturated heterocycles. The van der Waals surface area contributed by atoms with E-state index in [0.29, 0.717) is 22.4 Å². The lowest BCUT2D eigenvalue weighted by Gasteiger charge is -2.17. The minimum atomic E-state index is -0.170. The zero-order valence-corrected chi connectivity index (χ0v) is 17.5. The second-order valence-corrected chi connectivity index (χ2v) is 8.85. The third-order valence-electron chi connectivity index (χ3n) is 4.92. The quantitative estimate of drug-likeness (QED) is 0.360. The monoisotopic (exact) mass is 419 g/mol. The van der Waals surface area contributed by atoms with Crippen molar-refractivity contribution in [2.75, 3.05) is 4.90 Å². The van der Waals surface area contributed by atoms with Crippen LogP contribution in [0.15, 0.2) is 59.2 Å². The molecule has 144 valence electrons. The first-order valence-electron chi connectivity index (χ1n) is 9.17. The van der Waals surface area contributed by atoms with Gasteiger partial charge in [0.2, 0.25) is 0 Å². The van der Waals surface area contributed by atoms with Gasteiger partial charge in [-0.25, -0.2) is 9.97 Å². The molecule has 3 aromatic heterocycles. The van der Waals surface area contributed by atoms with Crippen LogP contribution in [0.3, 0.4) is 0 Å². The van der Waals surface area contributed by atoms with Crippen LogP contribution in [0.1, 0.15) is 26.7 Å². The molecule has 0 aliphatic rings. The Bertz CT molecular complexity index is 1300. The summed E-state index contributed by atoms with van der Waals surface area (Å²) >= 11 is 2.91. The maximum Gasteiger partial charge on any atom is 0.289 e. The smallest absolute Gasteiger partial charge is 0.289 e. The summed E-state index contributed by atoms with van der Waals surface area (Å²) in [5.74, 6) is 0.530. The number of nitrogens with zero attached hydrogens (tertiary/aromatic N) is 3. The second kappa shape index (κ2) is 7.09. The van der Waals surface area contributed by atoms with Crippen LogP contribution in [0, 0.1) is 13.8 Å². The van der Waals surface area contributed by atoms with E-state index in [4.69, 9.17) is 9.40 Å². The van der Waals surface area contributed by atoms with Crippen LogP contribution in [-0.2, 0) is 6.54 Å². The standard InChI is InChI=1S/C22H17N3O2S2/c1-13-9-10-18-19(14(13)2)24-22(29-18)25(12-15-6-5-11-27-15)21(26)20-23-16-7-3-4-8-17(16)28-20/h3-11H,12H2,1-2H3. The first-order chi connectivity index (χ1) is 14.1. The highest BCUT2D eigenvalue weighted by Crippen LogP contribution is 2.34. The molecule has 0 bridgehead atoms. The summed E-state index contributed by atoms with van der Waals surface area (Å²) in [5, 5.41) is 1.10. The molecule has 3 heterocycles. The summed E-state index contributed by atoms with van der Waals surface area (Å²) in [4.78, 5) is 24.5. The predicted molar refractivity (Wildman–Crippen MR) is 118 cm³/mol. The molecule has 0 saturated carbocycles.